The minimum Gasteiger partial charge on any atom is -0.355 e. The third-order valence-corrected chi connectivity index (χ3v) is 6.67. The van der Waals surface area contributed by atoms with E-state index in [1.165, 1.54) is 16.7 Å². The second-order valence-corrected chi connectivity index (χ2v) is 9.24. The van der Waals surface area contributed by atoms with E-state index in [2.05, 4.69) is 60.5 Å². The van der Waals surface area contributed by atoms with Gasteiger partial charge in [-0.1, -0.05) is 54.1 Å². The van der Waals surface area contributed by atoms with Gasteiger partial charge in [0.15, 0.2) is 5.82 Å². The fourth-order valence-corrected chi connectivity index (χ4v) is 4.89. The van der Waals surface area contributed by atoms with Crippen LogP contribution in [0, 0.1) is 19.8 Å². The Morgan fingerprint density at radius 3 is 2.79 bits per heavy atom. The van der Waals surface area contributed by atoms with Crippen LogP contribution in [-0.2, 0) is 11.2 Å². The van der Waals surface area contributed by atoms with Crippen molar-refractivity contribution in [2.45, 2.75) is 33.1 Å². The largest absolute Gasteiger partial charge is 0.355 e. The van der Waals surface area contributed by atoms with Gasteiger partial charge in [0.1, 0.15) is 5.52 Å². The number of carbonyl (C=O) groups is 1. The zero-order chi connectivity index (χ0) is 23.5. The van der Waals surface area contributed by atoms with Gasteiger partial charge >= 0.3 is 0 Å². The van der Waals surface area contributed by atoms with Gasteiger partial charge in [-0.2, -0.15) is 5.10 Å². The number of aryl methyl sites for hydroxylation is 2. The quantitative estimate of drug-likeness (QED) is 0.464. The number of nitrogens with zero attached hydrogens (tertiary/aromatic N) is 4. The molecule has 1 aliphatic rings. The van der Waals surface area contributed by atoms with Crippen molar-refractivity contribution in [1.29, 1.82) is 0 Å². The molecule has 1 fully saturated rings. The van der Waals surface area contributed by atoms with E-state index in [0.29, 0.717) is 13.1 Å². The Balaban J connectivity index is 1.31. The van der Waals surface area contributed by atoms with Gasteiger partial charge < -0.3 is 10.2 Å². The molecule has 2 aromatic heterocycles. The summed E-state index contributed by atoms with van der Waals surface area (Å²) in [5, 5.41) is 7.97. The molecule has 0 saturated carbocycles. The van der Waals surface area contributed by atoms with Gasteiger partial charge in [0.2, 0.25) is 5.91 Å². The number of hydrogen-bond acceptors (Lipinski definition) is 4. The van der Waals surface area contributed by atoms with Gasteiger partial charge in [0.05, 0.1) is 11.6 Å². The lowest BCUT2D eigenvalue weighted by Crippen LogP contribution is -2.44. The van der Waals surface area contributed by atoms with Crippen LogP contribution in [0.4, 0.5) is 5.82 Å². The first-order valence-electron chi connectivity index (χ1n) is 12.1. The second-order valence-electron chi connectivity index (χ2n) is 9.24. The van der Waals surface area contributed by atoms with Crippen molar-refractivity contribution in [3.8, 4) is 11.3 Å². The van der Waals surface area contributed by atoms with E-state index >= 15 is 0 Å². The molecule has 0 bridgehead atoms. The van der Waals surface area contributed by atoms with Gasteiger partial charge in [0, 0.05) is 37.6 Å². The average Bonchev–Trinajstić information content (AvgIpc) is 3.29. The van der Waals surface area contributed by atoms with Crippen LogP contribution in [0.2, 0.25) is 0 Å². The molecule has 0 radical (unpaired) electrons. The molecular weight excluding hydrogens is 422 g/mol. The first-order chi connectivity index (χ1) is 16.6. The molecule has 1 atom stereocenters. The normalized spacial score (nSPS) is 16.1. The predicted octanol–water partition coefficient (Wildman–Crippen LogP) is 4.59. The summed E-state index contributed by atoms with van der Waals surface area (Å²) in [4.78, 5) is 19.9. The number of rotatable bonds is 6. The Bertz CT molecular complexity index is 1300. The summed E-state index contributed by atoms with van der Waals surface area (Å²) in [6.07, 6.45) is 6.41. The van der Waals surface area contributed by atoms with Gasteiger partial charge in [0.25, 0.3) is 0 Å². The summed E-state index contributed by atoms with van der Waals surface area (Å²) in [6, 6.07) is 18.8. The standard InChI is InChI=1S/C28H31N5O/c1-20-10-11-24(21(2)17-20)25-18-26-27(29-14-16-33(26)31-25)32-15-6-9-23(19-32)28(34)30-13-12-22-7-4-3-5-8-22/h3-5,7-8,10-11,14,16-18,23H,6,9,12-13,15,19H2,1-2H3,(H,30,34). The maximum absolute atomic E-state index is 12.9. The maximum atomic E-state index is 12.9. The maximum Gasteiger partial charge on any atom is 0.224 e. The monoisotopic (exact) mass is 453 g/mol. The lowest BCUT2D eigenvalue weighted by atomic mass is 9.97. The topological polar surface area (TPSA) is 62.5 Å². The van der Waals surface area contributed by atoms with Crippen LogP contribution in [0.1, 0.15) is 29.5 Å². The molecule has 2 aromatic carbocycles. The third-order valence-electron chi connectivity index (χ3n) is 6.67. The van der Waals surface area contributed by atoms with E-state index < -0.39 is 0 Å². The molecule has 0 aliphatic carbocycles. The molecular formula is C28H31N5O. The van der Waals surface area contributed by atoms with Crippen LogP contribution in [0.25, 0.3) is 16.8 Å². The zero-order valence-corrected chi connectivity index (χ0v) is 19.9. The highest BCUT2D eigenvalue weighted by atomic mass is 16.1. The molecule has 1 amide bonds. The highest BCUT2D eigenvalue weighted by molar-refractivity contribution is 5.81. The minimum absolute atomic E-state index is 0.0340. The number of fused-ring (bicyclic) bond motifs is 1. The predicted molar refractivity (Wildman–Crippen MR) is 136 cm³/mol. The first kappa shape index (κ1) is 22.1. The molecule has 1 unspecified atom stereocenters. The lowest BCUT2D eigenvalue weighted by molar-refractivity contribution is -0.125. The molecule has 1 saturated heterocycles. The fraction of sp³-hybridized carbons (Fsp3) is 0.321. The van der Waals surface area contributed by atoms with Crippen molar-refractivity contribution >= 4 is 17.2 Å². The number of benzene rings is 2. The Morgan fingerprint density at radius 2 is 1.97 bits per heavy atom. The van der Waals surface area contributed by atoms with E-state index in [-0.39, 0.29) is 11.8 Å². The number of piperidine rings is 1. The number of amides is 1. The Hall–Kier alpha value is -3.67. The number of carbonyl (C=O) groups excluding carboxylic acids is 1. The van der Waals surface area contributed by atoms with Crippen LogP contribution in [0.3, 0.4) is 0 Å². The summed E-state index contributed by atoms with van der Waals surface area (Å²) in [7, 11) is 0. The fourth-order valence-electron chi connectivity index (χ4n) is 4.89. The third kappa shape index (κ3) is 4.67. The van der Waals surface area contributed by atoms with Crippen LogP contribution >= 0.6 is 0 Å². The van der Waals surface area contributed by atoms with Crippen LogP contribution < -0.4 is 10.2 Å². The molecule has 174 valence electrons. The summed E-state index contributed by atoms with van der Waals surface area (Å²) < 4.78 is 1.90. The molecule has 34 heavy (non-hydrogen) atoms. The Kier molecular flexibility index (Phi) is 6.30. The number of aromatic nitrogens is 3. The molecule has 1 aliphatic heterocycles. The van der Waals surface area contributed by atoms with E-state index in [4.69, 9.17) is 10.1 Å². The van der Waals surface area contributed by atoms with Crippen LogP contribution in [0.15, 0.2) is 67.0 Å². The van der Waals surface area contributed by atoms with Gasteiger partial charge in [-0.15, -0.1) is 0 Å². The van der Waals surface area contributed by atoms with E-state index in [1.54, 1.807) is 6.20 Å². The number of hydrogen-bond donors (Lipinski definition) is 1. The van der Waals surface area contributed by atoms with E-state index in [0.717, 1.165) is 48.4 Å². The van der Waals surface area contributed by atoms with Crippen molar-refractivity contribution < 1.29 is 4.79 Å². The average molecular weight is 454 g/mol. The van der Waals surface area contributed by atoms with Crippen molar-refractivity contribution in [1.82, 2.24) is 19.9 Å². The lowest BCUT2D eigenvalue weighted by Gasteiger charge is -2.33. The molecule has 1 N–H and O–H groups in total. The van der Waals surface area contributed by atoms with Gasteiger partial charge in [-0.3, -0.25) is 4.79 Å². The molecule has 3 heterocycles. The second kappa shape index (κ2) is 9.67. The molecule has 5 rings (SSSR count). The highest BCUT2D eigenvalue weighted by Crippen LogP contribution is 2.30. The van der Waals surface area contributed by atoms with E-state index in [1.807, 2.05) is 28.9 Å². The van der Waals surface area contributed by atoms with Crippen molar-refractivity contribution in [2.75, 3.05) is 24.5 Å². The number of anilines is 1. The molecule has 6 heteroatoms. The molecule has 0 spiro atoms. The van der Waals surface area contributed by atoms with Crippen molar-refractivity contribution in [3.63, 3.8) is 0 Å². The number of nitrogens with one attached hydrogen (secondary N) is 1. The first-order valence-corrected chi connectivity index (χ1v) is 12.1. The summed E-state index contributed by atoms with van der Waals surface area (Å²) >= 11 is 0. The SMILES string of the molecule is Cc1ccc(-c2cc3c(N4CCCC(C(=O)NCCc5ccccc5)C4)nccn3n2)c(C)c1. The van der Waals surface area contributed by atoms with Crippen LogP contribution in [0.5, 0.6) is 0 Å². The summed E-state index contributed by atoms with van der Waals surface area (Å²) in [6.45, 7) is 6.46. The Morgan fingerprint density at radius 1 is 1.12 bits per heavy atom. The highest BCUT2D eigenvalue weighted by Gasteiger charge is 2.27. The molecule has 4 aromatic rings. The van der Waals surface area contributed by atoms with Crippen molar-refractivity contribution in [2.24, 2.45) is 5.92 Å². The molecule has 6 nitrogen and oxygen atoms in total. The van der Waals surface area contributed by atoms with Crippen LogP contribution in [-0.4, -0.2) is 40.1 Å². The van der Waals surface area contributed by atoms with Crippen molar-refractivity contribution in [3.05, 3.63) is 83.7 Å². The van der Waals surface area contributed by atoms with Gasteiger partial charge in [-0.05, 0) is 50.3 Å². The zero-order valence-electron chi connectivity index (χ0n) is 19.9. The smallest absolute Gasteiger partial charge is 0.224 e. The van der Waals surface area contributed by atoms with E-state index in [9.17, 15) is 4.79 Å². The minimum atomic E-state index is -0.0340. The summed E-state index contributed by atoms with van der Waals surface area (Å²) in [5.74, 6) is 0.998. The summed E-state index contributed by atoms with van der Waals surface area (Å²) in [5.41, 5.74) is 6.75. The van der Waals surface area contributed by atoms with Gasteiger partial charge in [-0.25, -0.2) is 9.50 Å². The Labute approximate surface area is 200 Å².